The van der Waals surface area contributed by atoms with Gasteiger partial charge in [0.05, 0.1) is 12.1 Å². The topological polar surface area (TPSA) is 169 Å². The lowest BCUT2D eigenvalue weighted by molar-refractivity contribution is -0.135. The molecule has 0 heterocycles. The number of carbonyl (C=O) groups excluding carboxylic acids is 4. The van der Waals surface area contributed by atoms with Crippen molar-refractivity contribution in [1.82, 2.24) is 16.0 Å². The molecule has 10 nitrogen and oxygen atoms in total. The van der Waals surface area contributed by atoms with Gasteiger partial charge < -0.3 is 21.6 Å². The first-order valence-electron chi connectivity index (χ1n) is 10.3. The molecule has 172 valence electrons. The Kier molecular flexibility index (Phi) is 13.3. The van der Waals surface area contributed by atoms with Gasteiger partial charge in [0.25, 0.3) is 0 Å². The minimum Gasteiger partial charge on any atom is -0.370 e. The summed E-state index contributed by atoms with van der Waals surface area (Å²) in [5.74, 6) is -1.15. The van der Waals surface area contributed by atoms with Crippen molar-refractivity contribution < 1.29 is 19.2 Å². The third-order valence-electron chi connectivity index (χ3n) is 4.22. The van der Waals surface area contributed by atoms with Gasteiger partial charge in [-0.1, -0.05) is 27.7 Å². The van der Waals surface area contributed by atoms with Crippen molar-refractivity contribution in [1.29, 1.82) is 0 Å². The van der Waals surface area contributed by atoms with Gasteiger partial charge in [-0.15, -0.1) is 0 Å². The number of nitrogens with two attached hydrogens (primary N) is 2. The van der Waals surface area contributed by atoms with Gasteiger partial charge in [-0.05, 0) is 37.5 Å². The van der Waals surface area contributed by atoms with E-state index < -0.39 is 29.9 Å². The van der Waals surface area contributed by atoms with E-state index in [4.69, 9.17) is 11.5 Å². The molecule has 3 atom stereocenters. The highest BCUT2D eigenvalue weighted by Gasteiger charge is 2.28. The molecule has 0 saturated heterocycles. The summed E-state index contributed by atoms with van der Waals surface area (Å²) >= 11 is 0. The predicted octanol–water partition coefficient (Wildman–Crippen LogP) is -0.195. The lowest BCUT2D eigenvalue weighted by Gasteiger charge is -2.25. The van der Waals surface area contributed by atoms with Crippen LogP contribution < -0.4 is 27.4 Å². The number of rotatable bonds is 14. The van der Waals surface area contributed by atoms with Gasteiger partial charge in [-0.3, -0.25) is 30.0 Å². The Morgan fingerprint density at radius 2 is 1.50 bits per heavy atom. The van der Waals surface area contributed by atoms with Gasteiger partial charge in [0.2, 0.25) is 17.7 Å². The third kappa shape index (κ3) is 12.9. The second-order valence-corrected chi connectivity index (χ2v) is 8.28. The van der Waals surface area contributed by atoms with E-state index in [1.54, 1.807) is 0 Å². The molecule has 7 N–H and O–H groups in total. The highest BCUT2D eigenvalue weighted by molar-refractivity contribution is 6.01. The second-order valence-electron chi connectivity index (χ2n) is 8.28. The van der Waals surface area contributed by atoms with Gasteiger partial charge in [-0.25, -0.2) is 0 Å². The summed E-state index contributed by atoms with van der Waals surface area (Å²) in [4.78, 5) is 52.1. The number of carbonyl (C=O) groups is 4. The van der Waals surface area contributed by atoms with Crippen molar-refractivity contribution >= 4 is 30.0 Å². The van der Waals surface area contributed by atoms with E-state index in [0.717, 1.165) is 6.29 Å². The number of guanidine groups is 1. The zero-order valence-electron chi connectivity index (χ0n) is 18.7. The van der Waals surface area contributed by atoms with E-state index in [2.05, 4.69) is 20.9 Å². The molecule has 30 heavy (non-hydrogen) atoms. The molecule has 0 aromatic rings. The fourth-order valence-electron chi connectivity index (χ4n) is 2.93. The lowest BCUT2D eigenvalue weighted by Crippen LogP contribution is -2.55. The van der Waals surface area contributed by atoms with Gasteiger partial charge in [0, 0.05) is 13.5 Å². The Hall–Kier alpha value is -2.49. The molecule has 0 aliphatic carbocycles. The van der Waals surface area contributed by atoms with Crippen LogP contribution in [0.15, 0.2) is 4.99 Å². The standard InChI is InChI=1S/C20H38N6O4/c1-12(2)9-16(24-14(5)28)18(29)26-19(30)17(10-13(3)4)25-15(11-27)7-6-8-23-20(21)22/h11-13,15-17,25H,6-10H2,1-5H3,(H,24,28)(H4,21,22,23)(H,26,29,30)/t15?,16-,17?/m0/s1. The molecule has 10 heteroatoms. The van der Waals surface area contributed by atoms with Crippen molar-refractivity contribution in [3.63, 3.8) is 0 Å². The molecular weight excluding hydrogens is 388 g/mol. The van der Waals surface area contributed by atoms with Crippen molar-refractivity contribution in [3.8, 4) is 0 Å². The molecule has 2 unspecified atom stereocenters. The highest BCUT2D eigenvalue weighted by atomic mass is 16.2. The Morgan fingerprint density at radius 1 is 0.967 bits per heavy atom. The van der Waals surface area contributed by atoms with Gasteiger partial charge in [0.1, 0.15) is 12.3 Å². The summed E-state index contributed by atoms with van der Waals surface area (Å²) in [6, 6.07) is -2.11. The minimum absolute atomic E-state index is 0.0173. The summed E-state index contributed by atoms with van der Waals surface area (Å²) in [7, 11) is 0. The maximum Gasteiger partial charge on any atom is 0.249 e. The molecule has 0 aliphatic heterocycles. The summed E-state index contributed by atoms with van der Waals surface area (Å²) in [5, 5.41) is 7.98. The molecule has 0 bridgehead atoms. The van der Waals surface area contributed by atoms with E-state index in [9.17, 15) is 19.2 Å². The van der Waals surface area contributed by atoms with Crippen LogP contribution in [0, 0.1) is 11.8 Å². The highest BCUT2D eigenvalue weighted by Crippen LogP contribution is 2.09. The van der Waals surface area contributed by atoms with Crippen LogP contribution in [0.25, 0.3) is 0 Å². The smallest absolute Gasteiger partial charge is 0.249 e. The van der Waals surface area contributed by atoms with Crippen molar-refractivity contribution in [2.45, 2.75) is 78.4 Å². The first-order valence-corrected chi connectivity index (χ1v) is 10.3. The number of imide groups is 1. The van der Waals surface area contributed by atoms with E-state index >= 15 is 0 Å². The molecule has 0 saturated carbocycles. The largest absolute Gasteiger partial charge is 0.370 e. The first-order chi connectivity index (χ1) is 14.0. The Balaban J connectivity index is 5.09. The van der Waals surface area contributed by atoms with E-state index in [-0.39, 0.29) is 23.7 Å². The van der Waals surface area contributed by atoms with Crippen LogP contribution in [-0.2, 0) is 19.2 Å². The zero-order chi connectivity index (χ0) is 23.3. The minimum atomic E-state index is -0.799. The molecule has 0 aromatic heterocycles. The molecule has 0 aliphatic rings. The van der Waals surface area contributed by atoms with Crippen LogP contribution in [-0.4, -0.2) is 54.6 Å². The number of hydrogen-bond donors (Lipinski definition) is 5. The Morgan fingerprint density at radius 3 is 1.97 bits per heavy atom. The van der Waals surface area contributed by atoms with E-state index in [0.29, 0.717) is 32.2 Å². The molecule has 3 amide bonds. The van der Waals surface area contributed by atoms with Crippen molar-refractivity contribution in [2.24, 2.45) is 28.3 Å². The lowest BCUT2D eigenvalue weighted by atomic mass is 10.00. The summed E-state index contributed by atoms with van der Waals surface area (Å²) in [6.45, 7) is 9.42. The van der Waals surface area contributed by atoms with Crippen molar-refractivity contribution in [3.05, 3.63) is 0 Å². The molecule has 0 aromatic carbocycles. The molecule has 0 fully saturated rings. The summed E-state index contributed by atoms with van der Waals surface area (Å²) < 4.78 is 0. The zero-order valence-corrected chi connectivity index (χ0v) is 18.7. The number of amides is 3. The number of aldehydes is 1. The van der Waals surface area contributed by atoms with Gasteiger partial charge in [0.15, 0.2) is 5.96 Å². The number of nitrogens with one attached hydrogen (secondary N) is 3. The Bertz CT molecular complexity index is 602. The SMILES string of the molecule is CC(=O)N[C@@H](CC(C)C)C(=O)NC(=O)C(CC(C)C)NC(C=O)CCCN=C(N)N. The molecule has 0 rings (SSSR count). The molecular formula is C20H38N6O4. The van der Waals surface area contributed by atoms with Crippen LogP contribution >= 0.6 is 0 Å². The van der Waals surface area contributed by atoms with Crippen LogP contribution in [0.2, 0.25) is 0 Å². The number of hydrogen-bond acceptors (Lipinski definition) is 6. The first kappa shape index (κ1) is 27.5. The average Bonchev–Trinajstić information content (AvgIpc) is 2.61. The van der Waals surface area contributed by atoms with E-state index in [1.165, 1.54) is 6.92 Å². The van der Waals surface area contributed by atoms with Gasteiger partial charge in [-0.2, -0.15) is 0 Å². The maximum atomic E-state index is 12.8. The average molecular weight is 427 g/mol. The Labute approximate surface area is 179 Å². The number of aliphatic imine (C=N–C) groups is 1. The quantitative estimate of drug-likeness (QED) is 0.111. The second kappa shape index (κ2) is 14.5. The summed E-state index contributed by atoms with van der Waals surface area (Å²) in [6.07, 6.45) is 2.58. The monoisotopic (exact) mass is 426 g/mol. The number of nitrogens with zero attached hydrogens (tertiary/aromatic N) is 1. The predicted molar refractivity (Wildman–Crippen MR) is 116 cm³/mol. The molecule has 0 spiro atoms. The van der Waals surface area contributed by atoms with Gasteiger partial charge >= 0.3 is 0 Å². The van der Waals surface area contributed by atoms with Crippen molar-refractivity contribution in [2.75, 3.05) is 6.54 Å². The fourth-order valence-corrected chi connectivity index (χ4v) is 2.93. The molecule has 0 radical (unpaired) electrons. The normalized spacial score (nSPS) is 14.0. The van der Waals surface area contributed by atoms with Crippen LogP contribution in [0.3, 0.4) is 0 Å². The van der Waals surface area contributed by atoms with E-state index in [1.807, 2.05) is 27.7 Å². The summed E-state index contributed by atoms with van der Waals surface area (Å²) in [5.41, 5.74) is 10.6. The van der Waals surface area contributed by atoms with Crippen LogP contribution in [0.4, 0.5) is 0 Å². The third-order valence-corrected chi connectivity index (χ3v) is 4.22. The van der Waals surface area contributed by atoms with Crippen LogP contribution in [0.1, 0.15) is 60.3 Å². The van der Waals surface area contributed by atoms with Crippen LogP contribution in [0.5, 0.6) is 0 Å². The maximum absolute atomic E-state index is 12.8. The fraction of sp³-hybridized carbons (Fsp3) is 0.750.